The van der Waals surface area contributed by atoms with Gasteiger partial charge in [-0.05, 0) is 68.1 Å². The molecule has 2 rings (SSSR count). The van der Waals surface area contributed by atoms with E-state index < -0.39 is 5.60 Å². The van der Waals surface area contributed by atoms with Gasteiger partial charge in [0.1, 0.15) is 5.60 Å². The Hall–Kier alpha value is -2.34. The van der Waals surface area contributed by atoms with E-state index in [1.54, 1.807) is 16.2 Å². The fourth-order valence-electron chi connectivity index (χ4n) is 2.52. The van der Waals surface area contributed by atoms with Gasteiger partial charge in [0.2, 0.25) is 5.91 Å². The van der Waals surface area contributed by atoms with Gasteiger partial charge in [0.15, 0.2) is 0 Å². The topological polar surface area (TPSA) is 58.6 Å². The molecule has 0 saturated heterocycles. The van der Waals surface area contributed by atoms with E-state index in [0.717, 1.165) is 17.7 Å². The first-order valence-corrected chi connectivity index (χ1v) is 10.1. The first-order valence-electron chi connectivity index (χ1n) is 9.15. The van der Waals surface area contributed by atoms with E-state index in [2.05, 4.69) is 10.7 Å². The number of amides is 2. The van der Waals surface area contributed by atoms with Crippen LogP contribution in [0, 0.1) is 0 Å². The summed E-state index contributed by atoms with van der Waals surface area (Å²) in [6.45, 7) is 8.36. The van der Waals surface area contributed by atoms with Gasteiger partial charge in [-0.15, -0.1) is 0 Å². The molecule has 146 valence electrons. The Balaban J connectivity index is 2.01. The maximum atomic E-state index is 12.4. The van der Waals surface area contributed by atoms with E-state index in [-0.39, 0.29) is 12.0 Å². The second-order valence-corrected chi connectivity index (χ2v) is 8.11. The van der Waals surface area contributed by atoms with Crippen molar-refractivity contribution in [2.75, 3.05) is 11.9 Å². The molecule has 0 aliphatic rings. The van der Waals surface area contributed by atoms with Crippen LogP contribution in [-0.4, -0.2) is 29.0 Å². The fourth-order valence-corrected chi connectivity index (χ4v) is 3.23. The molecule has 0 bridgehead atoms. The number of ether oxygens (including phenoxy) is 1. The van der Waals surface area contributed by atoms with Gasteiger partial charge in [-0.1, -0.05) is 18.2 Å². The summed E-state index contributed by atoms with van der Waals surface area (Å²) < 4.78 is 5.46. The highest BCUT2D eigenvalue weighted by Gasteiger charge is 2.22. The number of nitrogens with one attached hydrogen (secondary N) is 1. The van der Waals surface area contributed by atoms with Crippen LogP contribution in [-0.2, 0) is 22.5 Å². The molecule has 0 radical (unpaired) electrons. The third-order valence-electron chi connectivity index (χ3n) is 3.91. The van der Waals surface area contributed by atoms with Crippen molar-refractivity contribution >= 4 is 29.0 Å². The standard InChI is InChI=1S/C21H28N2O3S/c1-5-23(20(25)26-21(2,3)4)14-17-8-6-7-9-18(17)22-19(24)11-10-16-12-13-27-15-16/h6-9,12-13,15H,5,10-11,14H2,1-4H3,(H,22,24). The minimum absolute atomic E-state index is 0.0334. The smallest absolute Gasteiger partial charge is 0.410 e. The molecular formula is C21H28N2O3S. The van der Waals surface area contributed by atoms with E-state index in [1.165, 1.54) is 5.56 Å². The number of benzene rings is 1. The van der Waals surface area contributed by atoms with Gasteiger partial charge in [0.05, 0.1) is 6.54 Å². The molecule has 0 atom stereocenters. The zero-order valence-electron chi connectivity index (χ0n) is 16.5. The van der Waals surface area contributed by atoms with E-state index in [4.69, 9.17) is 4.74 Å². The third kappa shape index (κ3) is 7.06. The van der Waals surface area contributed by atoms with Crippen molar-refractivity contribution in [3.8, 4) is 0 Å². The lowest BCUT2D eigenvalue weighted by atomic mass is 10.1. The van der Waals surface area contributed by atoms with Crippen LogP contribution in [0.15, 0.2) is 41.1 Å². The average molecular weight is 389 g/mol. The second kappa shape index (κ2) is 9.55. The molecule has 0 spiro atoms. The quantitative estimate of drug-likeness (QED) is 0.720. The summed E-state index contributed by atoms with van der Waals surface area (Å²) in [4.78, 5) is 26.3. The molecule has 0 unspecified atom stereocenters. The summed E-state index contributed by atoms with van der Waals surface area (Å²) in [6.07, 6.45) is 0.786. The highest BCUT2D eigenvalue weighted by atomic mass is 32.1. The molecule has 6 heteroatoms. The highest BCUT2D eigenvalue weighted by molar-refractivity contribution is 7.07. The number of hydrogen-bond donors (Lipinski definition) is 1. The SMILES string of the molecule is CCN(Cc1ccccc1NC(=O)CCc1ccsc1)C(=O)OC(C)(C)C. The zero-order chi connectivity index (χ0) is 19.9. The Morgan fingerprint density at radius 2 is 1.93 bits per heavy atom. The summed E-state index contributed by atoms with van der Waals surface area (Å²) >= 11 is 1.63. The predicted molar refractivity (Wildman–Crippen MR) is 110 cm³/mol. The number of aryl methyl sites for hydroxylation is 1. The summed E-state index contributed by atoms with van der Waals surface area (Å²) in [7, 11) is 0. The Bertz CT molecular complexity index is 751. The van der Waals surface area contributed by atoms with Crippen LogP contribution in [0.2, 0.25) is 0 Å². The number of thiophene rings is 1. The van der Waals surface area contributed by atoms with E-state index in [1.807, 2.05) is 63.4 Å². The first kappa shape index (κ1) is 21.0. The number of hydrogen-bond acceptors (Lipinski definition) is 4. The van der Waals surface area contributed by atoms with E-state index in [9.17, 15) is 9.59 Å². The largest absolute Gasteiger partial charge is 0.444 e. The van der Waals surface area contributed by atoms with Gasteiger partial charge >= 0.3 is 6.09 Å². The fraction of sp³-hybridized carbons (Fsp3) is 0.429. The van der Waals surface area contributed by atoms with Crippen LogP contribution >= 0.6 is 11.3 Å². The van der Waals surface area contributed by atoms with Crippen molar-refractivity contribution in [2.24, 2.45) is 0 Å². The van der Waals surface area contributed by atoms with Crippen molar-refractivity contribution in [1.82, 2.24) is 4.90 Å². The van der Waals surface area contributed by atoms with Crippen molar-refractivity contribution in [3.63, 3.8) is 0 Å². The zero-order valence-corrected chi connectivity index (χ0v) is 17.3. The van der Waals surface area contributed by atoms with Crippen molar-refractivity contribution < 1.29 is 14.3 Å². The van der Waals surface area contributed by atoms with Crippen molar-refractivity contribution in [2.45, 2.75) is 52.7 Å². The van der Waals surface area contributed by atoms with Gasteiger partial charge in [-0.2, -0.15) is 11.3 Å². The van der Waals surface area contributed by atoms with Gasteiger partial charge in [-0.3, -0.25) is 4.79 Å². The summed E-state index contributed by atoms with van der Waals surface area (Å²) in [5.74, 6) is -0.0334. The molecule has 1 aromatic heterocycles. The minimum atomic E-state index is -0.542. The number of carbonyl (C=O) groups excluding carboxylic acids is 2. The lowest BCUT2D eigenvalue weighted by molar-refractivity contribution is -0.116. The summed E-state index contributed by atoms with van der Waals surface area (Å²) in [6, 6.07) is 9.59. The normalized spacial score (nSPS) is 11.1. The Kier molecular flexibility index (Phi) is 7.42. The van der Waals surface area contributed by atoms with Gasteiger partial charge in [-0.25, -0.2) is 4.79 Å². The number of carbonyl (C=O) groups is 2. The lowest BCUT2D eigenvalue weighted by Crippen LogP contribution is -2.36. The van der Waals surface area contributed by atoms with E-state index in [0.29, 0.717) is 19.5 Å². The minimum Gasteiger partial charge on any atom is -0.444 e. The predicted octanol–water partition coefficient (Wildman–Crippen LogP) is 5.08. The number of nitrogens with zero attached hydrogens (tertiary/aromatic N) is 1. The van der Waals surface area contributed by atoms with Gasteiger partial charge in [0.25, 0.3) is 0 Å². The number of rotatable bonds is 7. The van der Waals surface area contributed by atoms with Crippen molar-refractivity contribution in [3.05, 3.63) is 52.2 Å². The molecule has 0 aliphatic carbocycles. The third-order valence-corrected chi connectivity index (χ3v) is 4.64. The molecule has 2 amide bonds. The molecule has 0 aliphatic heterocycles. The molecule has 5 nitrogen and oxygen atoms in total. The maximum Gasteiger partial charge on any atom is 0.410 e. The van der Waals surface area contributed by atoms with Crippen LogP contribution in [0.25, 0.3) is 0 Å². The average Bonchev–Trinajstić information content (AvgIpc) is 3.11. The Labute approximate surface area is 165 Å². The molecule has 1 aromatic carbocycles. The van der Waals surface area contributed by atoms with Crippen LogP contribution in [0.5, 0.6) is 0 Å². The maximum absolute atomic E-state index is 12.4. The molecule has 27 heavy (non-hydrogen) atoms. The molecule has 2 aromatic rings. The highest BCUT2D eigenvalue weighted by Crippen LogP contribution is 2.20. The van der Waals surface area contributed by atoms with Crippen LogP contribution in [0.3, 0.4) is 0 Å². The number of para-hydroxylation sites is 1. The van der Waals surface area contributed by atoms with Crippen LogP contribution < -0.4 is 5.32 Å². The monoisotopic (exact) mass is 388 g/mol. The van der Waals surface area contributed by atoms with Crippen molar-refractivity contribution in [1.29, 1.82) is 0 Å². The van der Waals surface area contributed by atoms with Crippen LogP contribution in [0.4, 0.5) is 10.5 Å². The van der Waals surface area contributed by atoms with Crippen LogP contribution in [0.1, 0.15) is 45.2 Å². The second-order valence-electron chi connectivity index (χ2n) is 7.33. The Morgan fingerprint density at radius 3 is 2.56 bits per heavy atom. The molecule has 1 N–H and O–H groups in total. The van der Waals surface area contributed by atoms with Gasteiger partial charge < -0.3 is 15.0 Å². The number of anilines is 1. The summed E-state index contributed by atoms with van der Waals surface area (Å²) in [5, 5.41) is 7.04. The van der Waals surface area contributed by atoms with E-state index >= 15 is 0 Å². The first-order chi connectivity index (χ1) is 12.8. The molecule has 0 saturated carbocycles. The molecule has 1 heterocycles. The molecule has 0 fully saturated rings. The summed E-state index contributed by atoms with van der Waals surface area (Å²) in [5.41, 5.74) is 2.24. The lowest BCUT2D eigenvalue weighted by Gasteiger charge is -2.27. The van der Waals surface area contributed by atoms with Gasteiger partial charge in [0, 0.05) is 18.7 Å². The Morgan fingerprint density at radius 1 is 1.19 bits per heavy atom. The molecular weight excluding hydrogens is 360 g/mol.